The van der Waals surface area contributed by atoms with E-state index in [1.165, 1.54) is 105 Å². The van der Waals surface area contributed by atoms with E-state index in [4.69, 9.17) is 4.74 Å². The van der Waals surface area contributed by atoms with Crippen LogP contribution >= 0.6 is 0 Å². The molecule has 3 heteroatoms. The summed E-state index contributed by atoms with van der Waals surface area (Å²) in [6.07, 6.45) is 19.7. The maximum absolute atomic E-state index is 11.6. The van der Waals surface area contributed by atoms with Gasteiger partial charge in [0, 0.05) is 0 Å². The zero-order valence-electron chi connectivity index (χ0n) is 24.9. The topological polar surface area (TPSA) is 46.5 Å². The van der Waals surface area contributed by atoms with Crippen LogP contribution in [0.2, 0.25) is 0 Å². The molecule has 0 unspecified atom stereocenters. The molecule has 0 saturated carbocycles. The fourth-order valence-corrected chi connectivity index (χ4v) is 5.62. The van der Waals surface area contributed by atoms with Crippen LogP contribution in [0.25, 0.3) is 11.1 Å². The van der Waals surface area contributed by atoms with Gasteiger partial charge in [0.2, 0.25) is 0 Å². The van der Waals surface area contributed by atoms with Crippen molar-refractivity contribution in [1.29, 1.82) is 0 Å². The summed E-state index contributed by atoms with van der Waals surface area (Å²) in [7, 11) is 0. The first-order valence-corrected chi connectivity index (χ1v) is 15.7. The number of rotatable bonds is 20. The van der Waals surface area contributed by atoms with Crippen molar-refractivity contribution >= 4 is 6.16 Å². The summed E-state index contributed by atoms with van der Waals surface area (Å²) in [6.45, 7) is 9.03. The van der Waals surface area contributed by atoms with Gasteiger partial charge in [0.05, 0.1) is 0 Å². The van der Waals surface area contributed by atoms with E-state index >= 15 is 0 Å². The highest BCUT2D eigenvalue weighted by molar-refractivity contribution is 5.75. The Balaban J connectivity index is 2.59. The largest absolute Gasteiger partial charge is 0.511 e. The molecule has 1 N–H and O–H groups in total. The molecule has 0 radical (unpaired) electrons. The summed E-state index contributed by atoms with van der Waals surface area (Å²) in [5.41, 5.74) is 8.07. The third-order valence-corrected chi connectivity index (χ3v) is 7.79. The molecule has 38 heavy (non-hydrogen) atoms. The average Bonchev–Trinajstić information content (AvgIpc) is 2.91. The van der Waals surface area contributed by atoms with E-state index in [1.54, 1.807) is 0 Å². The Kier molecular flexibility index (Phi) is 15.9. The van der Waals surface area contributed by atoms with Gasteiger partial charge in [0.25, 0.3) is 0 Å². The number of hydrogen-bond acceptors (Lipinski definition) is 2. The van der Waals surface area contributed by atoms with Crippen LogP contribution in [0.5, 0.6) is 5.75 Å². The van der Waals surface area contributed by atoms with Crippen LogP contribution in [-0.4, -0.2) is 11.3 Å². The summed E-state index contributed by atoms with van der Waals surface area (Å²) < 4.78 is 5.39. The molecular formula is C35H54O3. The van der Waals surface area contributed by atoms with E-state index in [0.29, 0.717) is 5.75 Å². The van der Waals surface area contributed by atoms with Crippen molar-refractivity contribution < 1.29 is 14.6 Å². The summed E-state index contributed by atoms with van der Waals surface area (Å²) >= 11 is 0. The highest BCUT2D eigenvalue weighted by atomic mass is 16.7. The molecule has 0 amide bonds. The van der Waals surface area contributed by atoms with E-state index in [-0.39, 0.29) is 0 Å². The van der Waals surface area contributed by atoms with E-state index < -0.39 is 6.16 Å². The molecule has 2 rings (SSSR count). The van der Waals surface area contributed by atoms with Gasteiger partial charge < -0.3 is 9.84 Å². The molecule has 2 aromatic carbocycles. The summed E-state index contributed by atoms with van der Waals surface area (Å²) in [5, 5.41) is 9.52. The Morgan fingerprint density at radius 2 is 1.11 bits per heavy atom. The second-order valence-corrected chi connectivity index (χ2v) is 10.9. The second-order valence-electron chi connectivity index (χ2n) is 10.9. The van der Waals surface area contributed by atoms with Crippen molar-refractivity contribution in [1.82, 2.24) is 0 Å². The minimum absolute atomic E-state index is 0.539. The Labute approximate surface area is 233 Å². The SMILES string of the molecule is CCCCCCCc1c(OC(=O)O)ccc(-c2cccc(CCCC)c2CCCC)c1CCCCCCC. The molecule has 0 aliphatic rings. The molecule has 0 bridgehead atoms. The van der Waals surface area contributed by atoms with Gasteiger partial charge in [-0.3, -0.25) is 0 Å². The Morgan fingerprint density at radius 1 is 0.579 bits per heavy atom. The van der Waals surface area contributed by atoms with Crippen LogP contribution in [0, 0.1) is 0 Å². The van der Waals surface area contributed by atoms with Crippen LogP contribution < -0.4 is 4.74 Å². The smallest absolute Gasteiger partial charge is 0.449 e. The first-order chi connectivity index (χ1) is 18.6. The molecule has 0 heterocycles. The van der Waals surface area contributed by atoms with Crippen LogP contribution in [-0.2, 0) is 25.7 Å². The number of ether oxygens (including phenoxy) is 1. The van der Waals surface area contributed by atoms with Crippen molar-refractivity contribution in [3.8, 4) is 16.9 Å². The summed E-state index contributed by atoms with van der Waals surface area (Å²) in [5.74, 6) is 0.539. The molecule has 3 nitrogen and oxygen atoms in total. The lowest BCUT2D eigenvalue weighted by Crippen LogP contribution is -2.09. The lowest BCUT2D eigenvalue weighted by molar-refractivity contribution is 0.144. The monoisotopic (exact) mass is 522 g/mol. The van der Waals surface area contributed by atoms with Gasteiger partial charge in [0.15, 0.2) is 0 Å². The third kappa shape index (κ3) is 10.5. The van der Waals surface area contributed by atoms with Gasteiger partial charge in [-0.05, 0) is 90.8 Å². The minimum Gasteiger partial charge on any atom is -0.449 e. The Hall–Kier alpha value is -2.29. The lowest BCUT2D eigenvalue weighted by atomic mass is 9.84. The van der Waals surface area contributed by atoms with Gasteiger partial charge in [-0.15, -0.1) is 0 Å². The number of hydrogen-bond donors (Lipinski definition) is 1. The number of benzene rings is 2. The molecule has 0 aliphatic carbocycles. The lowest BCUT2D eigenvalue weighted by Gasteiger charge is -2.22. The van der Waals surface area contributed by atoms with Crippen molar-refractivity contribution in [2.45, 2.75) is 143 Å². The molecule has 0 saturated heterocycles. The Morgan fingerprint density at radius 3 is 1.71 bits per heavy atom. The number of unbranched alkanes of at least 4 members (excludes halogenated alkanes) is 10. The van der Waals surface area contributed by atoms with Crippen molar-refractivity contribution in [2.24, 2.45) is 0 Å². The van der Waals surface area contributed by atoms with Gasteiger partial charge >= 0.3 is 6.16 Å². The van der Waals surface area contributed by atoms with Crippen molar-refractivity contribution in [3.63, 3.8) is 0 Å². The van der Waals surface area contributed by atoms with Crippen molar-refractivity contribution in [3.05, 3.63) is 52.6 Å². The maximum atomic E-state index is 11.6. The predicted molar refractivity (Wildman–Crippen MR) is 163 cm³/mol. The molecular weight excluding hydrogens is 468 g/mol. The van der Waals surface area contributed by atoms with E-state index in [0.717, 1.165) is 44.1 Å². The molecule has 0 fully saturated rings. The molecule has 0 aliphatic heterocycles. The van der Waals surface area contributed by atoms with E-state index in [1.807, 2.05) is 6.07 Å². The molecule has 0 atom stereocenters. The summed E-state index contributed by atoms with van der Waals surface area (Å²) in [6, 6.07) is 10.9. The highest BCUT2D eigenvalue weighted by Gasteiger charge is 2.20. The highest BCUT2D eigenvalue weighted by Crippen LogP contribution is 2.38. The van der Waals surface area contributed by atoms with Gasteiger partial charge in [-0.1, -0.05) is 116 Å². The van der Waals surface area contributed by atoms with Gasteiger partial charge in [-0.25, -0.2) is 4.79 Å². The maximum Gasteiger partial charge on any atom is 0.511 e. The van der Waals surface area contributed by atoms with E-state index in [9.17, 15) is 9.90 Å². The minimum atomic E-state index is -1.22. The number of aryl methyl sites for hydroxylation is 1. The average molecular weight is 523 g/mol. The first-order valence-electron chi connectivity index (χ1n) is 15.7. The molecule has 212 valence electrons. The van der Waals surface area contributed by atoms with Crippen LogP contribution in [0.1, 0.15) is 140 Å². The molecule has 2 aromatic rings. The fourth-order valence-electron chi connectivity index (χ4n) is 5.62. The molecule has 0 aromatic heterocycles. The fraction of sp³-hybridized carbons (Fsp3) is 0.629. The quantitative estimate of drug-likeness (QED) is 0.107. The van der Waals surface area contributed by atoms with Crippen LogP contribution in [0.15, 0.2) is 30.3 Å². The van der Waals surface area contributed by atoms with Crippen LogP contribution in [0.3, 0.4) is 0 Å². The van der Waals surface area contributed by atoms with Crippen molar-refractivity contribution in [2.75, 3.05) is 0 Å². The van der Waals surface area contributed by atoms with E-state index in [2.05, 4.69) is 52.0 Å². The van der Waals surface area contributed by atoms with Gasteiger partial charge in [0.1, 0.15) is 5.75 Å². The van der Waals surface area contributed by atoms with Gasteiger partial charge in [-0.2, -0.15) is 0 Å². The predicted octanol–water partition coefficient (Wildman–Crippen LogP) is 11.1. The summed E-state index contributed by atoms with van der Waals surface area (Å²) in [4.78, 5) is 11.6. The van der Waals surface area contributed by atoms with Crippen LogP contribution in [0.4, 0.5) is 4.79 Å². The molecule has 0 spiro atoms. The Bertz CT molecular complexity index is 946. The number of carboxylic acid groups (broad SMARTS) is 1. The third-order valence-electron chi connectivity index (χ3n) is 7.79. The zero-order valence-corrected chi connectivity index (χ0v) is 24.9. The zero-order chi connectivity index (χ0) is 27.6. The second kappa shape index (κ2) is 18.9. The number of carbonyl (C=O) groups is 1. The normalized spacial score (nSPS) is 11.2. The standard InChI is InChI=1S/C35H54O3/c1-5-9-13-15-17-23-31-32(30-25-19-21-28(20-11-7-3)29(30)22-12-8-4)26-27-34(38-35(36)37)33(31)24-18-16-14-10-6-2/h19,21,25-27H,5-18,20,22-24H2,1-4H3,(H,36,37). The first kappa shape index (κ1) is 31.9.